The Morgan fingerprint density at radius 2 is 0.857 bits per heavy atom. The normalized spacial score (nSPS) is 0. The Hall–Kier alpha value is 3.77. The molecule has 0 aromatic heterocycles. The van der Waals surface area contributed by atoms with Gasteiger partial charge in [-0.3, -0.25) is 0 Å². The van der Waals surface area contributed by atoms with Gasteiger partial charge in [0.05, 0.1) is 0 Å². The minimum atomic E-state index is 0. The average Bonchev–Trinajstić information content (AvgIpc) is 0. The predicted molar refractivity (Wildman–Crippen MR) is 18.6 cm³/mol. The molecule has 7 heavy (non-hydrogen) atoms. The first-order chi connectivity index (χ1) is 0. The van der Waals surface area contributed by atoms with E-state index in [2.05, 4.69) is 0 Å². The maximum Gasteiger partial charge on any atom is 4.00 e. The SMILES string of the molecule is [Cd].[Ga].[In].[O-2].[O-2].[Sn+4].[Zn]. The van der Waals surface area contributed by atoms with Gasteiger partial charge in [-0.15, -0.1) is 0 Å². The third kappa shape index (κ3) is 41.5. The summed E-state index contributed by atoms with van der Waals surface area (Å²) in [5.74, 6) is 0. The second-order valence-electron chi connectivity index (χ2n) is 0. The van der Waals surface area contributed by atoms with Crippen molar-refractivity contribution >= 4 is 69.5 Å². The fourth-order valence-corrected chi connectivity index (χ4v) is 0. The molecule has 0 atom stereocenters. The summed E-state index contributed by atoms with van der Waals surface area (Å²) in [4.78, 5) is 0. The van der Waals surface area contributed by atoms with Crippen molar-refractivity contribution in [3.63, 3.8) is 0 Å². The Bertz CT molecular complexity index is 17.7. The molecule has 0 aliphatic rings. The smallest absolute Gasteiger partial charge is 2.00 e. The Morgan fingerprint density at radius 1 is 0.857 bits per heavy atom. The van der Waals surface area contributed by atoms with Crippen molar-refractivity contribution in [3.05, 3.63) is 0 Å². The van der Waals surface area contributed by atoms with E-state index in [1.807, 2.05) is 0 Å². The van der Waals surface area contributed by atoms with Crippen LogP contribution in [0.3, 0.4) is 0 Å². The van der Waals surface area contributed by atoms with Crippen molar-refractivity contribution in [2.75, 3.05) is 0 Å². The van der Waals surface area contributed by atoms with Gasteiger partial charge >= 0.3 is 23.9 Å². The summed E-state index contributed by atoms with van der Waals surface area (Å²) in [6, 6.07) is 0. The first kappa shape index (κ1) is 72.3. The summed E-state index contributed by atoms with van der Waals surface area (Å²) < 4.78 is 0. The first-order valence-corrected chi connectivity index (χ1v) is 0. The van der Waals surface area contributed by atoms with Crippen LogP contribution in [0.1, 0.15) is 0 Å². The summed E-state index contributed by atoms with van der Waals surface area (Å²) in [7, 11) is 0. The van der Waals surface area contributed by atoms with Gasteiger partial charge in [-0.05, 0) is 0 Å². The van der Waals surface area contributed by atoms with Crippen LogP contribution in [-0.4, -0.2) is 69.5 Å². The van der Waals surface area contributed by atoms with E-state index in [1.165, 1.54) is 0 Å². The number of hydrogen-bond donors (Lipinski definition) is 0. The molecule has 0 aromatic rings. The van der Waals surface area contributed by atoms with Crippen molar-refractivity contribution in [1.29, 1.82) is 0 Å². The fraction of sp³-hybridized carbons (Fsp3) is 0. The zero-order valence-electron chi connectivity index (χ0n) is 3.89. The van der Waals surface area contributed by atoms with E-state index in [-0.39, 0.29) is 127 Å². The van der Waals surface area contributed by atoms with Crippen LogP contribution < -0.4 is 0 Å². The molecule has 0 saturated heterocycles. The van der Waals surface area contributed by atoms with Gasteiger partial charge in [0, 0.05) is 92.4 Å². The Balaban J connectivity index is 0. The molecule has 0 N–H and O–H groups in total. The molecule has 0 unspecified atom stereocenters. The Kier molecular flexibility index (Phi) is 546. The predicted octanol–water partition coefficient (Wildman–Crippen LogP) is -1.39. The molecule has 0 amide bonds. The third-order valence-electron chi connectivity index (χ3n) is 0. The molecule has 0 bridgehead atoms. The molecule has 7 heteroatoms. The zero-order valence-corrected chi connectivity index (χ0v) is 19.5. The van der Waals surface area contributed by atoms with Crippen LogP contribution in [-0.2, 0) is 57.7 Å². The van der Waals surface area contributed by atoms with E-state index in [0.717, 1.165) is 0 Å². The molecule has 0 fully saturated rings. The van der Waals surface area contributed by atoms with Crippen LogP contribution in [0.5, 0.6) is 0 Å². The molecule has 0 saturated carbocycles. The van der Waals surface area contributed by atoms with Crippen LogP contribution >= 0.6 is 0 Å². The molecule has 0 aliphatic carbocycles. The van der Waals surface area contributed by atoms with Crippen LogP contribution in [0, 0.1) is 0 Å². The van der Waals surface area contributed by atoms with Gasteiger partial charge in [-0.2, -0.15) is 0 Å². The minimum Gasteiger partial charge on any atom is -2.00 e. The fourth-order valence-electron chi connectivity index (χ4n) is 0. The van der Waals surface area contributed by atoms with Gasteiger partial charge in [-0.25, -0.2) is 0 Å². The molecule has 0 aliphatic heterocycles. The maximum atomic E-state index is 0. The largest absolute Gasteiger partial charge is 4.00 e. The van der Waals surface area contributed by atoms with Crippen LogP contribution in [0.2, 0.25) is 0 Å². The van der Waals surface area contributed by atoms with Gasteiger partial charge in [-0.1, -0.05) is 0 Å². The topological polar surface area (TPSA) is 57.0 Å². The first-order valence-electron chi connectivity index (χ1n) is 0. The minimum absolute atomic E-state index is 0. The molecule has 0 rings (SSSR count). The zero-order chi connectivity index (χ0) is 0. The molecule has 6 radical (unpaired) electrons. The van der Waals surface area contributed by atoms with E-state index in [9.17, 15) is 0 Å². The van der Waals surface area contributed by atoms with E-state index < -0.39 is 0 Å². The Labute approximate surface area is 125 Å². The molecule has 26 valence electrons. The quantitative estimate of drug-likeness (QED) is 0.359. The van der Waals surface area contributed by atoms with Gasteiger partial charge in [0.25, 0.3) is 0 Å². The van der Waals surface area contributed by atoms with Crippen molar-refractivity contribution in [1.82, 2.24) is 0 Å². The third-order valence-corrected chi connectivity index (χ3v) is 0. The van der Waals surface area contributed by atoms with E-state index >= 15 is 0 Å². The molecule has 2 nitrogen and oxygen atoms in total. The molecule has 0 aromatic carbocycles. The standard InChI is InChI=1S/Cd.Ga.In.2O.Sn.Zn/q;;;2*-2;+4;. The van der Waals surface area contributed by atoms with Gasteiger partial charge in [0.15, 0.2) is 0 Å². The summed E-state index contributed by atoms with van der Waals surface area (Å²) in [6.45, 7) is 0. The van der Waals surface area contributed by atoms with Crippen molar-refractivity contribution in [3.8, 4) is 0 Å². The molecule has 0 spiro atoms. The second kappa shape index (κ2) is 52.9. The van der Waals surface area contributed by atoms with E-state index in [4.69, 9.17) is 0 Å². The average molecular weight is 513 g/mol. The Morgan fingerprint density at radius 3 is 0.857 bits per heavy atom. The van der Waals surface area contributed by atoms with Crippen molar-refractivity contribution < 1.29 is 57.7 Å². The summed E-state index contributed by atoms with van der Waals surface area (Å²) in [6.07, 6.45) is 0. The number of hydrogen-bond acceptors (Lipinski definition) is 0. The summed E-state index contributed by atoms with van der Waals surface area (Å²) >= 11 is 0. The van der Waals surface area contributed by atoms with Gasteiger partial charge < -0.3 is 11.0 Å². The molecular weight excluding hydrogens is 513 g/mol. The monoisotopic (exact) mass is 514 g/mol. The maximum absolute atomic E-state index is 0. The van der Waals surface area contributed by atoms with E-state index in [1.54, 1.807) is 0 Å². The molecule has 0 heterocycles. The van der Waals surface area contributed by atoms with Gasteiger partial charge in [0.1, 0.15) is 0 Å². The van der Waals surface area contributed by atoms with E-state index in [0.29, 0.717) is 0 Å². The van der Waals surface area contributed by atoms with Crippen LogP contribution in [0.15, 0.2) is 0 Å². The van der Waals surface area contributed by atoms with Gasteiger partial charge in [0.2, 0.25) is 0 Å². The number of rotatable bonds is 0. The van der Waals surface area contributed by atoms with Crippen molar-refractivity contribution in [2.45, 2.75) is 0 Å². The van der Waals surface area contributed by atoms with Crippen molar-refractivity contribution in [2.24, 2.45) is 0 Å². The summed E-state index contributed by atoms with van der Waals surface area (Å²) in [5.41, 5.74) is 0. The summed E-state index contributed by atoms with van der Waals surface area (Å²) in [5, 5.41) is 0. The molecular formula is CdGaInO2SnZn. The van der Waals surface area contributed by atoms with Crippen LogP contribution in [0.25, 0.3) is 0 Å². The second-order valence-corrected chi connectivity index (χ2v) is 0. The van der Waals surface area contributed by atoms with Crippen LogP contribution in [0.4, 0.5) is 0 Å².